The maximum absolute atomic E-state index is 13.2. The van der Waals surface area contributed by atoms with Crippen molar-refractivity contribution in [3.63, 3.8) is 0 Å². The molecule has 0 atom stereocenters. The van der Waals surface area contributed by atoms with Gasteiger partial charge >= 0.3 is 0 Å². The molecule has 1 aliphatic heterocycles. The van der Waals surface area contributed by atoms with Crippen LogP contribution < -0.4 is 4.90 Å². The zero-order valence-electron chi connectivity index (χ0n) is 22.9. The van der Waals surface area contributed by atoms with E-state index in [4.69, 9.17) is 0 Å². The van der Waals surface area contributed by atoms with Gasteiger partial charge in [0.25, 0.3) is 17.5 Å². The molecule has 0 bridgehead atoms. The van der Waals surface area contributed by atoms with E-state index in [-0.39, 0.29) is 17.5 Å². The molecule has 41 heavy (non-hydrogen) atoms. The number of amides is 2. The Bertz CT molecular complexity index is 1490. The Morgan fingerprint density at radius 3 is 2.41 bits per heavy atom. The first-order valence-electron chi connectivity index (χ1n) is 13.6. The molecule has 2 amide bonds. The van der Waals surface area contributed by atoms with Crippen LogP contribution in [0.3, 0.4) is 0 Å². The second kappa shape index (κ2) is 12.8. The number of rotatable bonds is 10. The normalized spacial score (nSPS) is 13.3. The molecule has 1 saturated heterocycles. The molecule has 212 valence electrons. The Kier molecular flexibility index (Phi) is 8.73. The highest BCUT2D eigenvalue weighted by Gasteiger charge is 2.25. The standard InChI is InChI=1S/C30H32N6O4S/c1-2-14-35(29(37)23-7-4-3-5-8-23)20-26-9-6-15-34(26)21-28-31-27(22-41-28)30(38)33-18-16-32(17-19-33)24-10-12-25(13-11-24)36(39)40/h3-13,15,22H,2,14,16-21H2,1H3. The van der Waals surface area contributed by atoms with Crippen molar-refractivity contribution in [3.05, 3.63) is 110 Å². The van der Waals surface area contributed by atoms with Gasteiger partial charge in [0.15, 0.2) is 0 Å². The first kappa shape index (κ1) is 28.0. The Morgan fingerprint density at radius 1 is 1.00 bits per heavy atom. The van der Waals surface area contributed by atoms with Gasteiger partial charge in [-0.1, -0.05) is 25.1 Å². The van der Waals surface area contributed by atoms with E-state index >= 15 is 0 Å². The molecular formula is C30H32N6O4S. The number of nitrogens with zero attached hydrogens (tertiary/aromatic N) is 6. The number of carbonyl (C=O) groups is 2. The number of nitro benzene ring substituents is 1. The monoisotopic (exact) mass is 572 g/mol. The highest BCUT2D eigenvalue weighted by atomic mass is 32.1. The molecule has 0 unspecified atom stereocenters. The van der Waals surface area contributed by atoms with Gasteiger partial charge in [0.05, 0.1) is 18.0 Å². The van der Waals surface area contributed by atoms with Crippen molar-refractivity contribution in [3.8, 4) is 0 Å². The van der Waals surface area contributed by atoms with Crippen LogP contribution in [0.2, 0.25) is 0 Å². The Morgan fingerprint density at radius 2 is 1.73 bits per heavy atom. The minimum absolute atomic E-state index is 0.0102. The van der Waals surface area contributed by atoms with Crippen molar-refractivity contribution in [1.29, 1.82) is 0 Å². The first-order valence-corrected chi connectivity index (χ1v) is 14.5. The number of benzene rings is 2. The van der Waals surface area contributed by atoms with E-state index < -0.39 is 4.92 Å². The average Bonchev–Trinajstić information content (AvgIpc) is 3.66. The van der Waals surface area contributed by atoms with Crippen LogP contribution >= 0.6 is 11.3 Å². The SMILES string of the molecule is CCCN(Cc1cccn1Cc1nc(C(=O)N2CCN(c3ccc([N+](=O)[O-])cc3)CC2)cs1)C(=O)c1ccccc1. The quantitative estimate of drug-likeness (QED) is 0.197. The molecule has 4 aromatic rings. The predicted molar refractivity (Wildman–Crippen MR) is 158 cm³/mol. The van der Waals surface area contributed by atoms with Crippen LogP contribution in [0.25, 0.3) is 0 Å². The summed E-state index contributed by atoms with van der Waals surface area (Å²) in [7, 11) is 0. The van der Waals surface area contributed by atoms with Gasteiger partial charge in [-0.15, -0.1) is 11.3 Å². The Balaban J connectivity index is 1.19. The molecule has 0 saturated carbocycles. The van der Waals surface area contributed by atoms with Gasteiger partial charge in [0.1, 0.15) is 10.7 Å². The lowest BCUT2D eigenvalue weighted by molar-refractivity contribution is -0.384. The fourth-order valence-electron chi connectivity index (χ4n) is 4.97. The number of hydrogen-bond acceptors (Lipinski definition) is 7. The van der Waals surface area contributed by atoms with Crippen LogP contribution in [0.5, 0.6) is 0 Å². The van der Waals surface area contributed by atoms with E-state index in [1.54, 1.807) is 17.0 Å². The third kappa shape index (κ3) is 6.63. The maximum atomic E-state index is 13.2. The second-order valence-electron chi connectivity index (χ2n) is 9.90. The first-order chi connectivity index (χ1) is 19.9. The van der Waals surface area contributed by atoms with Gasteiger partial charge in [-0.25, -0.2) is 4.98 Å². The number of thiazole rings is 1. The minimum atomic E-state index is -0.409. The lowest BCUT2D eigenvalue weighted by Gasteiger charge is -2.35. The van der Waals surface area contributed by atoms with Crippen LogP contribution in [0, 0.1) is 10.1 Å². The third-order valence-electron chi connectivity index (χ3n) is 7.15. The summed E-state index contributed by atoms with van der Waals surface area (Å²) in [4.78, 5) is 47.3. The molecule has 10 nitrogen and oxygen atoms in total. The van der Waals surface area contributed by atoms with Crippen molar-refractivity contribution in [2.24, 2.45) is 0 Å². The Hall–Kier alpha value is -4.51. The molecule has 2 aromatic carbocycles. The number of carbonyl (C=O) groups excluding carboxylic acids is 2. The van der Waals surface area contributed by atoms with Gasteiger partial charge in [-0.2, -0.15) is 0 Å². The number of piperazine rings is 1. The highest BCUT2D eigenvalue weighted by Crippen LogP contribution is 2.22. The molecule has 1 aliphatic rings. The number of anilines is 1. The van der Waals surface area contributed by atoms with Crippen molar-refractivity contribution in [1.82, 2.24) is 19.4 Å². The molecule has 5 rings (SSSR count). The Labute approximate surface area is 242 Å². The zero-order chi connectivity index (χ0) is 28.8. The summed E-state index contributed by atoms with van der Waals surface area (Å²) in [6.45, 7) is 6.12. The van der Waals surface area contributed by atoms with Crippen LogP contribution in [-0.4, -0.2) is 68.8 Å². The van der Waals surface area contributed by atoms with Crippen LogP contribution in [0.15, 0.2) is 78.3 Å². The molecule has 11 heteroatoms. The van der Waals surface area contributed by atoms with Crippen molar-refractivity contribution < 1.29 is 14.5 Å². The topological polar surface area (TPSA) is 105 Å². The van der Waals surface area contributed by atoms with Crippen molar-refractivity contribution >= 4 is 34.5 Å². The number of hydrogen-bond donors (Lipinski definition) is 0. The van der Waals surface area contributed by atoms with E-state index in [0.29, 0.717) is 57.1 Å². The van der Waals surface area contributed by atoms with Gasteiger partial charge in [-0.3, -0.25) is 19.7 Å². The van der Waals surface area contributed by atoms with Crippen LogP contribution in [0.4, 0.5) is 11.4 Å². The second-order valence-corrected chi connectivity index (χ2v) is 10.8. The lowest BCUT2D eigenvalue weighted by atomic mass is 10.2. The van der Waals surface area contributed by atoms with E-state index in [0.717, 1.165) is 22.8 Å². The summed E-state index contributed by atoms with van der Waals surface area (Å²) in [5.74, 6) is -0.0813. The molecule has 3 heterocycles. The summed E-state index contributed by atoms with van der Waals surface area (Å²) < 4.78 is 2.08. The van der Waals surface area contributed by atoms with E-state index in [1.165, 1.54) is 23.5 Å². The summed E-state index contributed by atoms with van der Waals surface area (Å²) >= 11 is 1.46. The third-order valence-corrected chi connectivity index (χ3v) is 7.98. The predicted octanol–water partition coefficient (Wildman–Crippen LogP) is 4.92. The number of aromatic nitrogens is 2. The largest absolute Gasteiger partial charge is 0.368 e. The number of nitro groups is 1. The molecule has 2 aromatic heterocycles. The lowest BCUT2D eigenvalue weighted by Crippen LogP contribution is -2.48. The zero-order valence-corrected chi connectivity index (χ0v) is 23.7. The van der Waals surface area contributed by atoms with E-state index in [1.807, 2.05) is 58.9 Å². The van der Waals surface area contributed by atoms with E-state index in [9.17, 15) is 19.7 Å². The van der Waals surface area contributed by atoms with E-state index in [2.05, 4.69) is 21.4 Å². The number of non-ortho nitro benzene ring substituents is 1. The fourth-order valence-corrected chi connectivity index (χ4v) is 5.74. The summed E-state index contributed by atoms with van der Waals surface area (Å²) in [5.41, 5.74) is 3.09. The van der Waals surface area contributed by atoms with Crippen molar-refractivity contribution in [2.45, 2.75) is 26.4 Å². The van der Waals surface area contributed by atoms with Gasteiger partial charge in [0.2, 0.25) is 0 Å². The molecular weight excluding hydrogens is 540 g/mol. The van der Waals surface area contributed by atoms with Gasteiger partial charge in [0, 0.05) is 73.4 Å². The fraction of sp³-hybridized carbons (Fsp3) is 0.300. The maximum Gasteiger partial charge on any atom is 0.273 e. The molecule has 0 spiro atoms. The molecule has 0 aliphatic carbocycles. The van der Waals surface area contributed by atoms with Crippen LogP contribution in [0.1, 0.15) is 44.9 Å². The molecule has 0 N–H and O–H groups in total. The summed E-state index contributed by atoms with van der Waals surface area (Å²) in [5, 5.41) is 13.6. The average molecular weight is 573 g/mol. The van der Waals surface area contributed by atoms with Crippen molar-refractivity contribution in [2.75, 3.05) is 37.6 Å². The smallest absolute Gasteiger partial charge is 0.273 e. The van der Waals surface area contributed by atoms with Crippen LogP contribution in [-0.2, 0) is 13.1 Å². The summed E-state index contributed by atoms with van der Waals surface area (Å²) in [6, 6.07) is 19.8. The van der Waals surface area contributed by atoms with Gasteiger partial charge < -0.3 is 19.3 Å². The highest BCUT2D eigenvalue weighted by molar-refractivity contribution is 7.09. The minimum Gasteiger partial charge on any atom is -0.368 e. The molecule has 1 fully saturated rings. The van der Waals surface area contributed by atoms with Gasteiger partial charge in [-0.05, 0) is 42.8 Å². The summed E-state index contributed by atoms with van der Waals surface area (Å²) in [6.07, 6.45) is 2.84. The molecule has 0 radical (unpaired) electrons.